The summed E-state index contributed by atoms with van der Waals surface area (Å²) in [6, 6.07) is 16.1. The highest BCUT2D eigenvalue weighted by Gasteiger charge is 2.04. The molecular formula is C16H17ClO2. The summed E-state index contributed by atoms with van der Waals surface area (Å²) in [6.07, 6.45) is 0.111. The van der Waals surface area contributed by atoms with Crippen molar-refractivity contribution < 1.29 is 9.84 Å². The van der Waals surface area contributed by atoms with Gasteiger partial charge in [-0.2, -0.15) is 0 Å². The molecule has 19 heavy (non-hydrogen) atoms. The molecule has 0 spiro atoms. The molecule has 2 aromatic carbocycles. The molecule has 2 aromatic rings. The molecule has 0 unspecified atom stereocenters. The normalized spacial score (nSPS) is 12.2. The Morgan fingerprint density at radius 1 is 1.00 bits per heavy atom. The van der Waals surface area contributed by atoms with Crippen molar-refractivity contribution in [3.63, 3.8) is 0 Å². The van der Waals surface area contributed by atoms with E-state index in [2.05, 4.69) is 12.1 Å². The SMILES string of the molecule is COc1ccc(-c2ccc(C[C@H](O)CCl)cc2)cc1. The van der Waals surface area contributed by atoms with Gasteiger partial charge in [-0.15, -0.1) is 11.6 Å². The van der Waals surface area contributed by atoms with Crippen LogP contribution in [0.3, 0.4) is 0 Å². The fourth-order valence-electron chi connectivity index (χ4n) is 1.94. The van der Waals surface area contributed by atoms with E-state index in [-0.39, 0.29) is 5.88 Å². The summed E-state index contributed by atoms with van der Waals surface area (Å²) in [5.74, 6) is 1.12. The van der Waals surface area contributed by atoms with Gasteiger partial charge in [0, 0.05) is 5.88 Å². The summed E-state index contributed by atoms with van der Waals surface area (Å²) in [6.45, 7) is 0. The Morgan fingerprint density at radius 3 is 2.00 bits per heavy atom. The summed E-state index contributed by atoms with van der Waals surface area (Å²) in [5.41, 5.74) is 3.38. The summed E-state index contributed by atoms with van der Waals surface area (Å²) in [5, 5.41) is 9.51. The van der Waals surface area contributed by atoms with Crippen LogP contribution in [0.2, 0.25) is 0 Å². The minimum Gasteiger partial charge on any atom is -0.497 e. The van der Waals surface area contributed by atoms with Crippen molar-refractivity contribution in [2.45, 2.75) is 12.5 Å². The molecule has 0 aliphatic carbocycles. The molecule has 0 aliphatic heterocycles. The Morgan fingerprint density at radius 2 is 1.53 bits per heavy atom. The van der Waals surface area contributed by atoms with Gasteiger partial charge in [-0.1, -0.05) is 36.4 Å². The molecule has 2 nitrogen and oxygen atoms in total. The molecule has 0 amide bonds. The molecule has 0 fully saturated rings. The summed E-state index contributed by atoms with van der Waals surface area (Å²) in [7, 11) is 1.66. The molecule has 0 aromatic heterocycles. The maximum Gasteiger partial charge on any atom is 0.118 e. The zero-order valence-electron chi connectivity index (χ0n) is 10.8. The van der Waals surface area contributed by atoms with Gasteiger partial charge in [0.15, 0.2) is 0 Å². The molecule has 0 bridgehead atoms. The highest BCUT2D eigenvalue weighted by atomic mass is 35.5. The Kier molecular flexibility index (Phi) is 4.83. The van der Waals surface area contributed by atoms with Crippen LogP contribution >= 0.6 is 11.6 Å². The Balaban J connectivity index is 2.12. The summed E-state index contributed by atoms with van der Waals surface area (Å²) < 4.78 is 5.14. The summed E-state index contributed by atoms with van der Waals surface area (Å²) >= 11 is 5.60. The fraction of sp³-hybridized carbons (Fsp3) is 0.250. The van der Waals surface area contributed by atoms with Gasteiger partial charge in [0.25, 0.3) is 0 Å². The highest BCUT2D eigenvalue weighted by Crippen LogP contribution is 2.23. The monoisotopic (exact) mass is 276 g/mol. The van der Waals surface area contributed by atoms with Gasteiger partial charge in [0.05, 0.1) is 13.2 Å². The van der Waals surface area contributed by atoms with E-state index in [1.807, 2.05) is 36.4 Å². The second-order valence-corrected chi connectivity index (χ2v) is 4.75. The zero-order chi connectivity index (χ0) is 13.7. The quantitative estimate of drug-likeness (QED) is 0.847. The van der Waals surface area contributed by atoms with E-state index in [9.17, 15) is 5.11 Å². The van der Waals surface area contributed by atoms with Crippen molar-refractivity contribution in [3.05, 3.63) is 54.1 Å². The molecule has 0 saturated heterocycles. The van der Waals surface area contributed by atoms with E-state index in [0.717, 1.165) is 22.4 Å². The number of rotatable bonds is 5. The third kappa shape index (κ3) is 3.72. The minimum atomic E-state index is -0.478. The van der Waals surface area contributed by atoms with Gasteiger partial charge in [-0.05, 0) is 35.2 Å². The number of hydrogen-bond acceptors (Lipinski definition) is 2. The van der Waals surface area contributed by atoms with Gasteiger partial charge in [-0.3, -0.25) is 0 Å². The van der Waals surface area contributed by atoms with Crippen LogP contribution in [0.15, 0.2) is 48.5 Å². The Labute approximate surface area is 118 Å². The molecule has 3 heteroatoms. The van der Waals surface area contributed by atoms with Crippen molar-refractivity contribution in [3.8, 4) is 16.9 Å². The number of ether oxygens (including phenoxy) is 1. The van der Waals surface area contributed by atoms with Crippen molar-refractivity contribution in [2.24, 2.45) is 0 Å². The number of benzene rings is 2. The second-order valence-electron chi connectivity index (χ2n) is 4.44. The number of halogens is 1. The molecule has 2 rings (SSSR count). The third-order valence-electron chi connectivity index (χ3n) is 3.03. The van der Waals surface area contributed by atoms with Gasteiger partial charge < -0.3 is 9.84 Å². The van der Waals surface area contributed by atoms with Crippen LogP contribution in [0.5, 0.6) is 5.75 Å². The Bertz CT molecular complexity index is 505. The van der Waals surface area contributed by atoms with Crippen LogP contribution in [0.4, 0.5) is 0 Å². The second kappa shape index (κ2) is 6.60. The minimum absolute atomic E-state index is 0.264. The first kappa shape index (κ1) is 13.9. The standard InChI is InChI=1S/C16H17ClO2/c1-19-16-8-6-14(7-9-16)13-4-2-12(3-5-13)10-15(18)11-17/h2-9,15,18H,10-11H2,1H3/t15-/m0/s1. The van der Waals surface area contributed by atoms with Crippen LogP contribution in [0.1, 0.15) is 5.56 Å². The molecule has 0 radical (unpaired) electrons. The molecule has 1 atom stereocenters. The first-order valence-corrected chi connectivity index (χ1v) is 6.74. The topological polar surface area (TPSA) is 29.5 Å². The van der Waals surface area contributed by atoms with Crippen LogP contribution in [-0.4, -0.2) is 24.2 Å². The fourth-order valence-corrected chi connectivity index (χ4v) is 2.05. The predicted octanol–water partition coefficient (Wildman–Crippen LogP) is 3.50. The van der Waals surface area contributed by atoms with E-state index >= 15 is 0 Å². The molecule has 0 saturated carbocycles. The molecule has 0 aliphatic rings. The van der Waals surface area contributed by atoms with Gasteiger partial charge in [0.2, 0.25) is 0 Å². The van der Waals surface area contributed by atoms with Crippen molar-refractivity contribution in [1.82, 2.24) is 0 Å². The number of aliphatic hydroxyl groups is 1. The predicted molar refractivity (Wildman–Crippen MR) is 78.9 cm³/mol. The first-order valence-electron chi connectivity index (χ1n) is 6.20. The number of methoxy groups -OCH3 is 1. The number of aliphatic hydroxyl groups excluding tert-OH is 1. The van der Waals surface area contributed by atoms with Crippen LogP contribution in [-0.2, 0) is 6.42 Å². The lowest BCUT2D eigenvalue weighted by molar-refractivity contribution is 0.199. The van der Waals surface area contributed by atoms with E-state index in [0.29, 0.717) is 6.42 Å². The van der Waals surface area contributed by atoms with E-state index in [1.54, 1.807) is 7.11 Å². The number of alkyl halides is 1. The average Bonchev–Trinajstić information content (AvgIpc) is 2.48. The largest absolute Gasteiger partial charge is 0.497 e. The van der Waals surface area contributed by atoms with E-state index in [1.165, 1.54) is 0 Å². The highest BCUT2D eigenvalue weighted by molar-refractivity contribution is 6.18. The lowest BCUT2D eigenvalue weighted by atomic mass is 10.0. The zero-order valence-corrected chi connectivity index (χ0v) is 11.6. The van der Waals surface area contributed by atoms with Crippen LogP contribution in [0, 0.1) is 0 Å². The maximum atomic E-state index is 9.51. The van der Waals surface area contributed by atoms with Crippen molar-refractivity contribution >= 4 is 11.6 Å². The maximum absolute atomic E-state index is 9.51. The molecule has 0 heterocycles. The first-order chi connectivity index (χ1) is 9.22. The lowest BCUT2D eigenvalue weighted by Crippen LogP contribution is -2.11. The van der Waals surface area contributed by atoms with Crippen LogP contribution < -0.4 is 4.74 Å². The van der Waals surface area contributed by atoms with Crippen LogP contribution in [0.25, 0.3) is 11.1 Å². The average molecular weight is 277 g/mol. The van der Waals surface area contributed by atoms with Gasteiger partial charge >= 0.3 is 0 Å². The molecule has 100 valence electrons. The van der Waals surface area contributed by atoms with E-state index < -0.39 is 6.10 Å². The van der Waals surface area contributed by atoms with Gasteiger partial charge in [0.1, 0.15) is 5.75 Å². The smallest absolute Gasteiger partial charge is 0.118 e. The van der Waals surface area contributed by atoms with Crippen molar-refractivity contribution in [1.29, 1.82) is 0 Å². The van der Waals surface area contributed by atoms with Gasteiger partial charge in [-0.25, -0.2) is 0 Å². The van der Waals surface area contributed by atoms with E-state index in [4.69, 9.17) is 16.3 Å². The molecular weight excluding hydrogens is 260 g/mol. The molecule has 1 N–H and O–H groups in total. The number of hydrogen-bond donors (Lipinski definition) is 1. The summed E-state index contributed by atoms with van der Waals surface area (Å²) in [4.78, 5) is 0. The van der Waals surface area contributed by atoms with Crippen molar-refractivity contribution in [2.75, 3.05) is 13.0 Å². The third-order valence-corrected chi connectivity index (χ3v) is 3.38. The Hall–Kier alpha value is -1.51. The lowest BCUT2D eigenvalue weighted by Gasteiger charge is -2.08.